The van der Waals surface area contributed by atoms with E-state index in [-0.39, 0.29) is 12.4 Å². The molecule has 4 heteroatoms. The molecule has 0 aliphatic heterocycles. The molecule has 2 aromatic carbocycles. The van der Waals surface area contributed by atoms with Gasteiger partial charge in [-0.15, -0.1) is 0 Å². The van der Waals surface area contributed by atoms with E-state index in [1.54, 1.807) is 18.2 Å². The minimum Gasteiger partial charge on any atom is -0.508 e. The molecular weight excluding hydrogens is 254 g/mol. The number of rotatable bonds is 4. The normalized spacial score (nSPS) is 10.1. The number of carbonyl (C=O) groups is 1. The fourth-order valence-corrected chi connectivity index (χ4v) is 1.82. The van der Waals surface area contributed by atoms with Gasteiger partial charge in [0, 0.05) is 6.54 Å². The summed E-state index contributed by atoms with van der Waals surface area (Å²) < 4.78 is 5.11. The van der Waals surface area contributed by atoms with Crippen LogP contribution in [0.15, 0.2) is 48.5 Å². The molecule has 0 spiro atoms. The number of hydrogen-bond donors (Lipinski definition) is 2. The number of amides is 1. The van der Waals surface area contributed by atoms with Gasteiger partial charge in [-0.05, 0) is 35.7 Å². The van der Waals surface area contributed by atoms with Gasteiger partial charge < -0.3 is 15.2 Å². The lowest BCUT2D eigenvalue weighted by Gasteiger charge is -2.09. The molecule has 1 amide bonds. The predicted molar refractivity (Wildman–Crippen MR) is 76.3 cm³/mol. The average molecular weight is 271 g/mol. The van der Waals surface area contributed by atoms with Gasteiger partial charge in [0.1, 0.15) is 12.4 Å². The lowest BCUT2D eigenvalue weighted by atomic mass is 10.1. The third-order valence-electron chi connectivity index (χ3n) is 2.96. The Hall–Kier alpha value is -2.49. The molecule has 4 nitrogen and oxygen atoms in total. The SMILES string of the molecule is Cc1cc(O)ccc1CNC(=O)OCc1ccccc1. The van der Waals surface area contributed by atoms with Gasteiger partial charge in [-0.1, -0.05) is 36.4 Å². The Balaban J connectivity index is 1.80. The maximum absolute atomic E-state index is 11.6. The molecule has 0 heterocycles. The number of ether oxygens (including phenoxy) is 1. The summed E-state index contributed by atoms with van der Waals surface area (Å²) in [7, 11) is 0. The van der Waals surface area contributed by atoms with E-state index >= 15 is 0 Å². The summed E-state index contributed by atoms with van der Waals surface area (Å²) in [6.07, 6.45) is -0.457. The second kappa shape index (κ2) is 6.61. The van der Waals surface area contributed by atoms with E-state index in [9.17, 15) is 9.90 Å². The van der Waals surface area contributed by atoms with Gasteiger partial charge in [0.05, 0.1) is 0 Å². The molecule has 0 unspecified atom stereocenters. The molecule has 0 atom stereocenters. The van der Waals surface area contributed by atoms with Crippen molar-refractivity contribution in [2.24, 2.45) is 0 Å². The topological polar surface area (TPSA) is 58.6 Å². The van der Waals surface area contributed by atoms with Crippen molar-refractivity contribution in [1.82, 2.24) is 5.32 Å². The van der Waals surface area contributed by atoms with Crippen LogP contribution in [0.2, 0.25) is 0 Å². The highest BCUT2D eigenvalue weighted by Gasteiger charge is 2.04. The molecule has 0 radical (unpaired) electrons. The highest BCUT2D eigenvalue weighted by Crippen LogP contribution is 2.15. The van der Waals surface area contributed by atoms with E-state index in [1.807, 2.05) is 37.3 Å². The molecule has 0 bridgehead atoms. The minimum atomic E-state index is -0.457. The second-order valence-electron chi connectivity index (χ2n) is 4.53. The maximum Gasteiger partial charge on any atom is 0.407 e. The van der Waals surface area contributed by atoms with Crippen LogP contribution in [0.1, 0.15) is 16.7 Å². The number of aryl methyl sites for hydroxylation is 1. The smallest absolute Gasteiger partial charge is 0.407 e. The number of hydrogen-bond acceptors (Lipinski definition) is 3. The van der Waals surface area contributed by atoms with E-state index in [0.29, 0.717) is 6.54 Å². The van der Waals surface area contributed by atoms with Gasteiger partial charge in [-0.3, -0.25) is 0 Å². The molecule has 0 aromatic heterocycles. The number of phenols is 1. The molecule has 2 N–H and O–H groups in total. The van der Waals surface area contributed by atoms with Crippen LogP contribution in [0.4, 0.5) is 4.79 Å². The van der Waals surface area contributed by atoms with E-state index in [1.165, 1.54) is 0 Å². The number of aromatic hydroxyl groups is 1. The van der Waals surface area contributed by atoms with Crippen LogP contribution in [0.25, 0.3) is 0 Å². The van der Waals surface area contributed by atoms with Crippen LogP contribution in [-0.4, -0.2) is 11.2 Å². The van der Waals surface area contributed by atoms with Gasteiger partial charge in [0.25, 0.3) is 0 Å². The Labute approximate surface area is 118 Å². The van der Waals surface area contributed by atoms with Gasteiger partial charge in [-0.25, -0.2) is 4.79 Å². The van der Waals surface area contributed by atoms with Crippen molar-refractivity contribution in [3.63, 3.8) is 0 Å². The van der Waals surface area contributed by atoms with Crippen molar-refractivity contribution >= 4 is 6.09 Å². The number of alkyl carbamates (subject to hydrolysis) is 1. The maximum atomic E-state index is 11.6. The molecule has 0 saturated carbocycles. The zero-order chi connectivity index (χ0) is 14.4. The van der Waals surface area contributed by atoms with Crippen molar-refractivity contribution in [2.75, 3.05) is 0 Å². The van der Waals surface area contributed by atoms with Crippen molar-refractivity contribution in [3.05, 3.63) is 65.2 Å². The largest absolute Gasteiger partial charge is 0.508 e. The van der Waals surface area contributed by atoms with Crippen molar-refractivity contribution in [1.29, 1.82) is 0 Å². The first-order valence-corrected chi connectivity index (χ1v) is 6.38. The lowest BCUT2D eigenvalue weighted by Crippen LogP contribution is -2.24. The Bertz CT molecular complexity index is 582. The third-order valence-corrected chi connectivity index (χ3v) is 2.96. The van der Waals surface area contributed by atoms with E-state index in [4.69, 9.17) is 4.74 Å². The van der Waals surface area contributed by atoms with Crippen LogP contribution >= 0.6 is 0 Å². The summed E-state index contributed by atoms with van der Waals surface area (Å²) in [6.45, 7) is 2.51. The number of nitrogens with one attached hydrogen (secondary N) is 1. The van der Waals surface area contributed by atoms with Gasteiger partial charge >= 0.3 is 6.09 Å². The first-order chi connectivity index (χ1) is 9.65. The van der Waals surface area contributed by atoms with Crippen LogP contribution < -0.4 is 5.32 Å². The Kier molecular flexibility index (Phi) is 4.60. The van der Waals surface area contributed by atoms with Crippen LogP contribution in [0.3, 0.4) is 0 Å². The molecule has 0 aliphatic carbocycles. The molecule has 0 saturated heterocycles. The summed E-state index contributed by atoms with van der Waals surface area (Å²) in [5, 5.41) is 12.0. The predicted octanol–water partition coefficient (Wildman–Crippen LogP) is 3.13. The molecule has 0 aliphatic rings. The van der Waals surface area contributed by atoms with Crippen LogP contribution in [0, 0.1) is 6.92 Å². The molecule has 2 aromatic rings. The standard InChI is InChI=1S/C16H17NO3/c1-12-9-15(18)8-7-14(12)10-17-16(19)20-11-13-5-3-2-4-6-13/h2-9,18H,10-11H2,1H3,(H,17,19). The van der Waals surface area contributed by atoms with Crippen LogP contribution in [-0.2, 0) is 17.9 Å². The molecule has 104 valence electrons. The van der Waals surface area contributed by atoms with Gasteiger partial charge in [0.2, 0.25) is 0 Å². The summed E-state index contributed by atoms with van der Waals surface area (Å²) in [6, 6.07) is 14.5. The summed E-state index contributed by atoms with van der Waals surface area (Å²) >= 11 is 0. The van der Waals surface area contributed by atoms with Crippen LogP contribution in [0.5, 0.6) is 5.75 Å². The van der Waals surface area contributed by atoms with Gasteiger partial charge in [-0.2, -0.15) is 0 Å². The summed E-state index contributed by atoms with van der Waals surface area (Å²) in [5.41, 5.74) is 2.82. The number of phenolic OH excluding ortho intramolecular Hbond substituents is 1. The van der Waals surface area contributed by atoms with E-state index < -0.39 is 6.09 Å². The number of benzene rings is 2. The lowest BCUT2D eigenvalue weighted by molar-refractivity contribution is 0.139. The minimum absolute atomic E-state index is 0.220. The fraction of sp³-hybridized carbons (Fsp3) is 0.188. The first-order valence-electron chi connectivity index (χ1n) is 6.38. The van der Waals surface area contributed by atoms with E-state index in [0.717, 1.165) is 16.7 Å². The Morgan fingerprint density at radius 2 is 1.95 bits per heavy atom. The van der Waals surface area contributed by atoms with Gasteiger partial charge in [0.15, 0.2) is 0 Å². The molecule has 20 heavy (non-hydrogen) atoms. The monoisotopic (exact) mass is 271 g/mol. The quantitative estimate of drug-likeness (QED) is 0.898. The molecule has 0 fully saturated rings. The fourth-order valence-electron chi connectivity index (χ4n) is 1.82. The molecule has 2 rings (SSSR count). The Morgan fingerprint density at radius 3 is 2.65 bits per heavy atom. The summed E-state index contributed by atoms with van der Waals surface area (Å²) in [4.78, 5) is 11.6. The highest BCUT2D eigenvalue weighted by atomic mass is 16.5. The third kappa shape index (κ3) is 4.02. The summed E-state index contributed by atoms with van der Waals surface area (Å²) in [5.74, 6) is 0.220. The first kappa shape index (κ1) is 13.9. The Morgan fingerprint density at radius 1 is 1.20 bits per heavy atom. The average Bonchev–Trinajstić information content (AvgIpc) is 2.45. The molecular formula is C16H17NO3. The zero-order valence-corrected chi connectivity index (χ0v) is 11.3. The highest BCUT2D eigenvalue weighted by molar-refractivity contribution is 5.67. The number of carbonyl (C=O) groups excluding carboxylic acids is 1. The van der Waals surface area contributed by atoms with Crippen molar-refractivity contribution in [2.45, 2.75) is 20.1 Å². The van der Waals surface area contributed by atoms with Crippen molar-refractivity contribution in [3.8, 4) is 5.75 Å². The van der Waals surface area contributed by atoms with E-state index in [2.05, 4.69) is 5.32 Å². The second-order valence-corrected chi connectivity index (χ2v) is 4.53. The zero-order valence-electron chi connectivity index (χ0n) is 11.3. The van der Waals surface area contributed by atoms with Crippen molar-refractivity contribution < 1.29 is 14.6 Å².